The molecular weight excluding hydrogens is 428 g/mol. The van der Waals surface area contributed by atoms with Gasteiger partial charge in [-0.2, -0.15) is 11.8 Å². The predicted molar refractivity (Wildman–Crippen MR) is 122 cm³/mol. The lowest BCUT2D eigenvalue weighted by atomic mass is 10.2. The number of benzene rings is 2. The van der Waals surface area contributed by atoms with Crippen LogP contribution >= 0.6 is 23.4 Å². The van der Waals surface area contributed by atoms with E-state index < -0.39 is 10.0 Å². The molecule has 29 heavy (non-hydrogen) atoms. The quantitative estimate of drug-likeness (QED) is 0.596. The first-order valence-electron chi connectivity index (χ1n) is 9.25. The highest BCUT2D eigenvalue weighted by Crippen LogP contribution is 2.28. The molecule has 0 bridgehead atoms. The molecule has 158 valence electrons. The fourth-order valence-corrected chi connectivity index (χ4v) is 4.93. The molecule has 0 spiro atoms. The van der Waals surface area contributed by atoms with Gasteiger partial charge in [-0.3, -0.25) is 9.10 Å². The highest BCUT2D eigenvalue weighted by atomic mass is 35.5. The van der Waals surface area contributed by atoms with Crippen molar-refractivity contribution in [3.63, 3.8) is 0 Å². The Morgan fingerprint density at radius 3 is 2.38 bits per heavy atom. The maximum atomic E-state index is 13.2. The fourth-order valence-electron chi connectivity index (χ4n) is 2.51. The van der Waals surface area contributed by atoms with E-state index in [2.05, 4.69) is 26.1 Å². The third-order valence-corrected chi connectivity index (χ3v) is 7.49. The van der Waals surface area contributed by atoms with Crippen molar-refractivity contribution >= 4 is 45.0 Å². The number of halogens is 1. The molecule has 0 saturated carbocycles. The number of hydrogen-bond acceptors (Lipinski definition) is 4. The summed E-state index contributed by atoms with van der Waals surface area (Å²) in [5.41, 5.74) is 1.18. The smallest absolute Gasteiger partial charge is 0.264 e. The summed E-state index contributed by atoms with van der Waals surface area (Å²) in [7, 11) is -3.92. The second-order valence-corrected chi connectivity index (χ2v) is 11.8. The number of hydrogen-bond donors (Lipinski definition) is 1. The number of anilines is 1. The SMILES string of the molecule is Cc1ccc(N(CC(=O)NCCSC(C)(C)C)S(=O)(=O)c2ccccc2)cc1Cl. The Morgan fingerprint density at radius 1 is 1.14 bits per heavy atom. The molecule has 2 aromatic rings. The van der Waals surface area contributed by atoms with Gasteiger partial charge < -0.3 is 5.32 Å². The summed E-state index contributed by atoms with van der Waals surface area (Å²) in [5, 5.41) is 3.25. The van der Waals surface area contributed by atoms with Crippen LogP contribution in [0.25, 0.3) is 0 Å². The zero-order valence-corrected chi connectivity index (χ0v) is 19.5. The Kier molecular flexibility index (Phi) is 8.02. The predicted octanol–water partition coefficient (Wildman–Crippen LogP) is 4.49. The summed E-state index contributed by atoms with van der Waals surface area (Å²) in [6.45, 7) is 8.30. The lowest BCUT2D eigenvalue weighted by molar-refractivity contribution is -0.119. The molecule has 1 N–H and O–H groups in total. The van der Waals surface area contributed by atoms with Gasteiger partial charge in [-0.25, -0.2) is 8.42 Å². The van der Waals surface area contributed by atoms with E-state index in [4.69, 9.17) is 11.6 Å². The van der Waals surface area contributed by atoms with E-state index in [1.54, 1.807) is 48.2 Å². The molecule has 8 heteroatoms. The van der Waals surface area contributed by atoms with Crippen LogP contribution < -0.4 is 9.62 Å². The van der Waals surface area contributed by atoms with Crippen LogP contribution in [0, 0.1) is 6.92 Å². The number of carbonyl (C=O) groups excluding carboxylic acids is 1. The minimum atomic E-state index is -3.92. The van der Waals surface area contributed by atoms with Gasteiger partial charge in [0.1, 0.15) is 6.54 Å². The molecule has 0 aliphatic carbocycles. The van der Waals surface area contributed by atoms with Gasteiger partial charge in [-0.05, 0) is 36.8 Å². The Morgan fingerprint density at radius 2 is 1.79 bits per heavy atom. The maximum Gasteiger partial charge on any atom is 0.264 e. The van der Waals surface area contributed by atoms with E-state index in [0.717, 1.165) is 15.6 Å². The minimum absolute atomic E-state index is 0.103. The average molecular weight is 455 g/mol. The van der Waals surface area contributed by atoms with Gasteiger partial charge in [0.25, 0.3) is 10.0 Å². The molecular formula is C21H27ClN2O3S2. The molecule has 0 aliphatic rings. The van der Waals surface area contributed by atoms with E-state index in [-0.39, 0.29) is 22.1 Å². The highest BCUT2D eigenvalue weighted by molar-refractivity contribution is 8.00. The summed E-state index contributed by atoms with van der Waals surface area (Å²) in [5.74, 6) is 0.382. The van der Waals surface area contributed by atoms with Crippen LogP contribution in [-0.2, 0) is 14.8 Å². The largest absolute Gasteiger partial charge is 0.354 e. The zero-order valence-electron chi connectivity index (χ0n) is 17.1. The first kappa shape index (κ1) is 23.6. The third kappa shape index (κ3) is 6.94. The normalized spacial score (nSPS) is 11.9. The van der Waals surface area contributed by atoms with Gasteiger partial charge in [-0.15, -0.1) is 0 Å². The van der Waals surface area contributed by atoms with Gasteiger partial charge in [-0.1, -0.05) is 56.6 Å². The van der Waals surface area contributed by atoms with Gasteiger partial charge in [0, 0.05) is 22.1 Å². The molecule has 0 atom stereocenters. The van der Waals surface area contributed by atoms with Crippen LogP contribution in [0.1, 0.15) is 26.3 Å². The number of aryl methyl sites for hydroxylation is 1. The molecule has 0 aromatic heterocycles. The number of nitrogens with zero attached hydrogens (tertiary/aromatic N) is 1. The first-order valence-corrected chi connectivity index (χ1v) is 12.1. The van der Waals surface area contributed by atoms with Crippen molar-refractivity contribution in [1.29, 1.82) is 0 Å². The van der Waals surface area contributed by atoms with E-state index in [0.29, 0.717) is 17.3 Å². The molecule has 0 unspecified atom stereocenters. The molecule has 2 rings (SSSR count). The lowest BCUT2D eigenvalue weighted by Gasteiger charge is -2.25. The molecule has 0 aliphatic heterocycles. The molecule has 0 heterocycles. The summed E-state index contributed by atoms with van der Waals surface area (Å²) < 4.78 is 27.6. The number of carbonyl (C=O) groups is 1. The number of amides is 1. The van der Waals surface area contributed by atoms with Crippen LogP contribution in [0.15, 0.2) is 53.4 Å². The topological polar surface area (TPSA) is 66.5 Å². The van der Waals surface area contributed by atoms with E-state index >= 15 is 0 Å². The zero-order chi connectivity index (χ0) is 21.7. The van der Waals surface area contributed by atoms with Gasteiger partial charge >= 0.3 is 0 Å². The maximum absolute atomic E-state index is 13.2. The summed E-state index contributed by atoms with van der Waals surface area (Å²) in [6, 6.07) is 13.0. The molecule has 0 saturated heterocycles. The number of sulfonamides is 1. The Bertz CT molecular complexity index is 942. The van der Waals surface area contributed by atoms with E-state index in [1.807, 2.05) is 6.92 Å². The number of thioether (sulfide) groups is 1. The molecule has 1 amide bonds. The third-order valence-electron chi connectivity index (χ3n) is 4.02. The van der Waals surface area contributed by atoms with E-state index in [9.17, 15) is 13.2 Å². The monoisotopic (exact) mass is 454 g/mol. The average Bonchev–Trinajstić information content (AvgIpc) is 2.65. The molecule has 0 radical (unpaired) electrons. The van der Waals surface area contributed by atoms with Crippen LogP contribution in [0.4, 0.5) is 5.69 Å². The van der Waals surface area contributed by atoms with Gasteiger partial charge in [0.05, 0.1) is 10.6 Å². The van der Waals surface area contributed by atoms with Gasteiger partial charge in [0.15, 0.2) is 0 Å². The van der Waals surface area contributed by atoms with Crippen molar-refractivity contribution in [3.05, 3.63) is 59.1 Å². The lowest BCUT2D eigenvalue weighted by Crippen LogP contribution is -2.41. The van der Waals surface area contributed by atoms with Crippen molar-refractivity contribution in [2.45, 2.75) is 37.3 Å². The second-order valence-electron chi connectivity index (χ2n) is 7.57. The van der Waals surface area contributed by atoms with Crippen molar-refractivity contribution in [2.75, 3.05) is 23.1 Å². The summed E-state index contributed by atoms with van der Waals surface area (Å²) in [4.78, 5) is 12.6. The Hall–Kier alpha value is -1.70. The Balaban J connectivity index is 2.24. The summed E-state index contributed by atoms with van der Waals surface area (Å²) in [6.07, 6.45) is 0. The van der Waals surface area contributed by atoms with Crippen LogP contribution in [-0.4, -0.2) is 37.9 Å². The second kappa shape index (κ2) is 9.87. The van der Waals surface area contributed by atoms with Crippen LogP contribution in [0.2, 0.25) is 5.02 Å². The van der Waals surface area contributed by atoms with Crippen molar-refractivity contribution in [2.24, 2.45) is 0 Å². The number of nitrogens with one attached hydrogen (secondary N) is 1. The van der Waals surface area contributed by atoms with Crippen molar-refractivity contribution in [3.8, 4) is 0 Å². The highest BCUT2D eigenvalue weighted by Gasteiger charge is 2.27. The minimum Gasteiger partial charge on any atom is -0.354 e. The molecule has 0 fully saturated rings. The van der Waals surface area contributed by atoms with Gasteiger partial charge in [0.2, 0.25) is 5.91 Å². The Labute approximate surface area is 182 Å². The van der Waals surface area contributed by atoms with Crippen LogP contribution in [0.3, 0.4) is 0 Å². The first-order chi connectivity index (χ1) is 13.5. The molecule has 2 aromatic carbocycles. The van der Waals surface area contributed by atoms with Crippen molar-refractivity contribution < 1.29 is 13.2 Å². The van der Waals surface area contributed by atoms with Crippen molar-refractivity contribution in [1.82, 2.24) is 5.32 Å². The van der Waals surface area contributed by atoms with E-state index in [1.165, 1.54) is 12.1 Å². The number of rotatable bonds is 8. The molecule has 5 nitrogen and oxygen atoms in total. The van der Waals surface area contributed by atoms with Crippen LogP contribution in [0.5, 0.6) is 0 Å². The standard InChI is InChI=1S/C21H27ClN2O3S2/c1-16-10-11-17(14-19(16)22)24(29(26,27)18-8-6-5-7-9-18)15-20(25)23-12-13-28-21(2,3)4/h5-11,14H,12-13,15H2,1-4H3,(H,23,25). The fraction of sp³-hybridized carbons (Fsp3) is 0.381. The summed E-state index contributed by atoms with van der Waals surface area (Å²) >= 11 is 7.94.